The van der Waals surface area contributed by atoms with E-state index in [1.54, 1.807) is 5.38 Å². The molecule has 0 bridgehead atoms. The average Bonchev–Trinajstić information content (AvgIpc) is 3.31. The number of nitrogens with zero attached hydrogens (tertiary/aromatic N) is 2. The second-order valence-corrected chi connectivity index (χ2v) is 11.0. The Kier molecular flexibility index (Phi) is 6.05. The van der Waals surface area contributed by atoms with Gasteiger partial charge in [-0.2, -0.15) is 0 Å². The summed E-state index contributed by atoms with van der Waals surface area (Å²) in [6.07, 6.45) is 5.31. The number of piperidine rings is 1. The monoisotopic (exact) mass is 475 g/mol. The Balaban J connectivity index is 1.42. The zero-order chi connectivity index (χ0) is 22.1. The maximum absolute atomic E-state index is 15.3. The van der Waals surface area contributed by atoms with Crippen molar-refractivity contribution in [3.05, 3.63) is 70.3 Å². The SMILES string of the molecule is O=S(=O)(Nc1cscn1)C1C=C2OCC[C@H](N3CCCC[C@H]3c3ccccc3)C2=CC1F. The molecule has 2 aromatic rings. The molecule has 3 heterocycles. The second kappa shape index (κ2) is 8.96. The van der Waals surface area contributed by atoms with Crippen LogP contribution in [-0.4, -0.2) is 48.9 Å². The van der Waals surface area contributed by atoms with Gasteiger partial charge in [-0.3, -0.25) is 9.62 Å². The molecule has 32 heavy (non-hydrogen) atoms. The number of allylic oxidation sites excluding steroid dienone is 1. The zero-order valence-electron chi connectivity index (χ0n) is 17.6. The van der Waals surface area contributed by atoms with Gasteiger partial charge in [0.2, 0.25) is 10.0 Å². The van der Waals surface area contributed by atoms with Gasteiger partial charge in [0, 0.05) is 29.5 Å². The predicted molar refractivity (Wildman–Crippen MR) is 124 cm³/mol. The molecule has 1 N–H and O–H groups in total. The van der Waals surface area contributed by atoms with Crippen LogP contribution in [0.1, 0.15) is 37.3 Å². The molecule has 0 amide bonds. The first-order valence-electron chi connectivity index (χ1n) is 10.9. The Hall–Kier alpha value is -2.23. The van der Waals surface area contributed by atoms with Crippen molar-refractivity contribution in [2.24, 2.45) is 0 Å². The molecular weight excluding hydrogens is 449 g/mol. The van der Waals surface area contributed by atoms with E-state index in [-0.39, 0.29) is 17.9 Å². The van der Waals surface area contributed by atoms with Crippen molar-refractivity contribution in [1.82, 2.24) is 9.88 Å². The molecule has 2 aliphatic heterocycles. The Labute approximate surface area is 191 Å². The fraction of sp³-hybridized carbons (Fsp3) is 0.435. The van der Waals surface area contributed by atoms with Gasteiger partial charge in [0.1, 0.15) is 23.0 Å². The van der Waals surface area contributed by atoms with Gasteiger partial charge in [0.15, 0.2) is 0 Å². The summed E-state index contributed by atoms with van der Waals surface area (Å²) in [5, 5.41) is 0.225. The summed E-state index contributed by atoms with van der Waals surface area (Å²) < 4.78 is 49.2. The zero-order valence-corrected chi connectivity index (χ0v) is 19.2. The number of hydrogen-bond donors (Lipinski definition) is 1. The van der Waals surface area contributed by atoms with E-state index in [2.05, 4.69) is 38.9 Å². The number of hydrogen-bond acceptors (Lipinski definition) is 6. The summed E-state index contributed by atoms with van der Waals surface area (Å²) in [6.45, 7) is 1.41. The van der Waals surface area contributed by atoms with Gasteiger partial charge in [-0.15, -0.1) is 11.3 Å². The number of likely N-dealkylation sites (tertiary alicyclic amines) is 1. The summed E-state index contributed by atoms with van der Waals surface area (Å²) in [5.41, 5.74) is 3.57. The molecule has 2 fully saturated rings. The number of fused-ring (bicyclic) bond motifs is 1. The summed E-state index contributed by atoms with van der Waals surface area (Å²) in [7, 11) is -4.00. The molecule has 2 unspecified atom stereocenters. The number of halogens is 1. The van der Waals surface area contributed by atoms with E-state index in [0.717, 1.165) is 37.8 Å². The van der Waals surface area contributed by atoms with Crippen LogP contribution in [-0.2, 0) is 14.8 Å². The molecule has 5 rings (SSSR count). The minimum Gasteiger partial charge on any atom is -0.493 e. The largest absolute Gasteiger partial charge is 0.493 e. The van der Waals surface area contributed by atoms with Gasteiger partial charge in [-0.05, 0) is 37.1 Å². The number of sulfonamides is 1. The van der Waals surface area contributed by atoms with Gasteiger partial charge in [0.05, 0.1) is 12.1 Å². The van der Waals surface area contributed by atoms with E-state index in [4.69, 9.17) is 4.74 Å². The van der Waals surface area contributed by atoms with Crippen molar-refractivity contribution in [2.45, 2.75) is 49.2 Å². The quantitative estimate of drug-likeness (QED) is 0.693. The van der Waals surface area contributed by atoms with Crippen LogP contribution in [0.4, 0.5) is 10.2 Å². The number of nitrogens with one attached hydrogen (secondary N) is 1. The van der Waals surface area contributed by atoms with Crippen molar-refractivity contribution < 1.29 is 17.5 Å². The van der Waals surface area contributed by atoms with Crippen LogP contribution in [0, 0.1) is 0 Å². The molecule has 6 nitrogen and oxygen atoms in total. The summed E-state index contributed by atoms with van der Waals surface area (Å²) in [6, 6.07) is 10.7. The number of benzene rings is 1. The summed E-state index contributed by atoms with van der Waals surface area (Å²) in [4.78, 5) is 6.40. The van der Waals surface area contributed by atoms with Crippen molar-refractivity contribution in [2.75, 3.05) is 17.9 Å². The lowest BCUT2D eigenvalue weighted by Crippen LogP contribution is -2.47. The lowest BCUT2D eigenvalue weighted by atomic mass is 9.87. The third kappa shape index (κ3) is 4.21. The van der Waals surface area contributed by atoms with Crippen molar-refractivity contribution in [3.63, 3.8) is 0 Å². The van der Waals surface area contributed by atoms with E-state index in [1.807, 2.05) is 6.07 Å². The molecule has 1 aliphatic carbocycles. The summed E-state index contributed by atoms with van der Waals surface area (Å²) >= 11 is 1.27. The minimum absolute atomic E-state index is 0.00825. The number of aromatic nitrogens is 1. The van der Waals surface area contributed by atoms with Crippen LogP contribution < -0.4 is 4.72 Å². The Morgan fingerprint density at radius 1 is 1.12 bits per heavy atom. The Morgan fingerprint density at radius 3 is 2.75 bits per heavy atom. The Morgan fingerprint density at radius 2 is 1.97 bits per heavy atom. The van der Waals surface area contributed by atoms with Crippen molar-refractivity contribution >= 4 is 27.2 Å². The van der Waals surface area contributed by atoms with Crippen LogP contribution in [0.3, 0.4) is 0 Å². The van der Waals surface area contributed by atoms with E-state index < -0.39 is 21.4 Å². The topological polar surface area (TPSA) is 71.5 Å². The van der Waals surface area contributed by atoms with Gasteiger partial charge in [0.25, 0.3) is 0 Å². The van der Waals surface area contributed by atoms with Crippen LogP contribution in [0.25, 0.3) is 0 Å². The van der Waals surface area contributed by atoms with Crippen molar-refractivity contribution in [3.8, 4) is 0 Å². The smallest absolute Gasteiger partial charge is 0.243 e. The number of rotatable bonds is 5. The number of thiazole rings is 1. The molecule has 9 heteroatoms. The lowest BCUT2D eigenvalue weighted by molar-refractivity contribution is 0.0636. The molecule has 0 saturated carbocycles. The third-order valence-electron chi connectivity index (χ3n) is 6.43. The molecule has 0 spiro atoms. The lowest BCUT2D eigenvalue weighted by Gasteiger charge is -2.45. The molecule has 2 saturated heterocycles. The standard InChI is InChI=1S/C23H26FN3O3S2/c24-18-12-17-20(27-10-5-4-8-19(27)16-6-2-1-3-7-16)9-11-30-21(17)13-22(18)32(28,29)26-23-14-31-15-25-23/h1-3,6-7,12-15,18-20,22,26H,4-5,8-11H2/t18?,19-,20-,22?/m0/s1. The van der Waals surface area contributed by atoms with E-state index >= 15 is 4.39 Å². The molecule has 4 atom stereocenters. The molecule has 0 radical (unpaired) electrons. The van der Waals surface area contributed by atoms with Gasteiger partial charge < -0.3 is 4.74 Å². The fourth-order valence-electron chi connectivity index (χ4n) is 4.97. The molecular formula is C23H26FN3O3S2. The van der Waals surface area contributed by atoms with E-state index in [9.17, 15) is 8.42 Å². The number of anilines is 1. The predicted octanol–water partition coefficient (Wildman–Crippen LogP) is 4.43. The highest BCUT2D eigenvalue weighted by molar-refractivity contribution is 7.93. The maximum atomic E-state index is 15.3. The van der Waals surface area contributed by atoms with Crippen LogP contribution in [0.2, 0.25) is 0 Å². The first kappa shape index (κ1) is 21.6. The molecule has 170 valence electrons. The molecule has 1 aromatic heterocycles. The first-order chi connectivity index (χ1) is 15.5. The average molecular weight is 476 g/mol. The molecule has 3 aliphatic rings. The van der Waals surface area contributed by atoms with Crippen LogP contribution >= 0.6 is 11.3 Å². The van der Waals surface area contributed by atoms with E-state index in [0.29, 0.717) is 12.4 Å². The van der Waals surface area contributed by atoms with E-state index in [1.165, 1.54) is 34.6 Å². The normalized spacial score (nSPS) is 28.8. The first-order valence-corrected chi connectivity index (χ1v) is 13.4. The third-order valence-corrected chi connectivity index (χ3v) is 8.62. The number of ether oxygens (including phenoxy) is 1. The minimum atomic E-state index is -4.00. The molecule has 1 aromatic carbocycles. The summed E-state index contributed by atoms with van der Waals surface area (Å²) in [5.74, 6) is 0.693. The highest BCUT2D eigenvalue weighted by Gasteiger charge is 2.42. The van der Waals surface area contributed by atoms with Gasteiger partial charge in [-0.25, -0.2) is 17.8 Å². The van der Waals surface area contributed by atoms with Crippen LogP contribution in [0.5, 0.6) is 0 Å². The Bertz CT molecular complexity index is 1100. The van der Waals surface area contributed by atoms with Crippen molar-refractivity contribution in [1.29, 1.82) is 0 Å². The van der Waals surface area contributed by atoms with Gasteiger partial charge >= 0.3 is 0 Å². The number of alkyl halides is 1. The highest BCUT2D eigenvalue weighted by atomic mass is 32.2. The maximum Gasteiger partial charge on any atom is 0.243 e. The van der Waals surface area contributed by atoms with Crippen LogP contribution in [0.15, 0.2) is 64.7 Å². The second-order valence-electron chi connectivity index (χ2n) is 8.40. The van der Waals surface area contributed by atoms with Gasteiger partial charge in [-0.1, -0.05) is 36.8 Å². The highest BCUT2D eigenvalue weighted by Crippen LogP contribution is 2.41. The fourth-order valence-corrected chi connectivity index (χ4v) is 6.79.